The molecule has 0 bridgehead atoms. The average Bonchev–Trinajstić information content (AvgIpc) is 3.06. The third kappa shape index (κ3) is 2.91. The molecule has 6 nitrogen and oxygen atoms in total. The van der Waals surface area contributed by atoms with Gasteiger partial charge in [0.15, 0.2) is 0 Å². The lowest BCUT2D eigenvalue weighted by molar-refractivity contribution is 0.318. The third-order valence-electron chi connectivity index (χ3n) is 3.90. The topological polar surface area (TPSA) is 83.7 Å². The maximum absolute atomic E-state index is 12.6. The summed E-state index contributed by atoms with van der Waals surface area (Å²) in [5, 5.41) is 0.520. The van der Waals surface area contributed by atoms with Gasteiger partial charge in [-0.05, 0) is 36.8 Å². The van der Waals surface area contributed by atoms with Gasteiger partial charge in [0.05, 0.1) is 40.4 Å². The molecule has 7 heteroatoms. The monoisotopic (exact) mass is 398 g/mol. The van der Waals surface area contributed by atoms with Crippen molar-refractivity contribution >= 4 is 37.9 Å². The highest BCUT2D eigenvalue weighted by Gasteiger charge is 2.13. The number of hydrogen-bond donors (Lipinski definition) is 2. The van der Waals surface area contributed by atoms with Crippen LogP contribution in [0.3, 0.4) is 0 Å². The lowest BCUT2D eigenvalue weighted by Gasteiger charge is -2.11. The predicted molar refractivity (Wildman–Crippen MR) is 101 cm³/mol. The van der Waals surface area contributed by atoms with Crippen LogP contribution in [0.2, 0.25) is 0 Å². The summed E-state index contributed by atoms with van der Waals surface area (Å²) in [5.74, 6) is 1.16. The first kappa shape index (κ1) is 15.8. The molecule has 25 heavy (non-hydrogen) atoms. The van der Waals surface area contributed by atoms with E-state index in [1.807, 2.05) is 31.2 Å². The Balaban J connectivity index is 1.93. The number of fused-ring (bicyclic) bond motifs is 2. The van der Waals surface area contributed by atoms with Crippen molar-refractivity contribution in [1.29, 1.82) is 0 Å². The summed E-state index contributed by atoms with van der Waals surface area (Å²) >= 11 is 3.47. The third-order valence-corrected chi connectivity index (χ3v) is 4.40. The molecule has 0 amide bonds. The summed E-state index contributed by atoms with van der Waals surface area (Å²) in [6.45, 7) is 2.64. The summed E-state index contributed by atoms with van der Waals surface area (Å²) in [6.07, 6.45) is 2.50. The second kappa shape index (κ2) is 6.33. The number of imidazole rings is 1. The number of aromatic amines is 2. The smallest absolute Gasteiger partial charge is 0.259 e. The maximum atomic E-state index is 12.6. The largest absolute Gasteiger partial charge is 0.493 e. The number of aromatic nitrogens is 4. The first-order chi connectivity index (χ1) is 12.2. The maximum Gasteiger partial charge on any atom is 0.259 e. The van der Waals surface area contributed by atoms with E-state index in [1.165, 1.54) is 0 Å². The predicted octanol–water partition coefficient (Wildman–Crippen LogP) is 4.02. The molecule has 2 N–H and O–H groups in total. The normalized spacial score (nSPS) is 11.3. The highest BCUT2D eigenvalue weighted by atomic mass is 79.9. The van der Waals surface area contributed by atoms with E-state index >= 15 is 0 Å². The van der Waals surface area contributed by atoms with Gasteiger partial charge < -0.3 is 14.7 Å². The van der Waals surface area contributed by atoms with Crippen LogP contribution in [0.15, 0.2) is 45.9 Å². The van der Waals surface area contributed by atoms with Crippen LogP contribution in [-0.2, 0) is 0 Å². The zero-order valence-corrected chi connectivity index (χ0v) is 15.1. The van der Waals surface area contributed by atoms with E-state index in [1.54, 1.807) is 12.4 Å². The molecule has 2 aromatic heterocycles. The molecule has 0 fully saturated rings. The van der Waals surface area contributed by atoms with Gasteiger partial charge in [-0.3, -0.25) is 4.79 Å². The fourth-order valence-corrected chi connectivity index (χ4v) is 3.08. The van der Waals surface area contributed by atoms with Crippen molar-refractivity contribution in [2.75, 3.05) is 6.61 Å². The SMILES string of the molecule is CCCOc1ccc(Br)cc1-c1nc2cc3nc[nH]c3cc2c(=O)[nH]1. The minimum atomic E-state index is -0.196. The van der Waals surface area contributed by atoms with Crippen molar-refractivity contribution < 1.29 is 4.74 Å². The first-order valence-electron chi connectivity index (χ1n) is 7.95. The molecule has 0 radical (unpaired) electrons. The van der Waals surface area contributed by atoms with Gasteiger partial charge >= 0.3 is 0 Å². The van der Waals surface area contributed by atoms with E-state index in [9.17, 15) is 4.79 Å². The van der Waals surface area contributed by atoms with Gasteiger partial charge in [-0.1, -0.05) is 22.9 Å². The van der Waals surface area contributed by atoms with Gasteiger partial charge in [0.1, 0.15) is 11.6 Å². The molecule has 0 unspecified atom stereocenters. The molecule has 0 atom stereocenters. The number of hydrogen-bond acceptors (Lipinski definition) is 4. The van der Waals surface area contributed by atoms with E-state index in [2.05, 4.69) is 35.9 Å². The van der Waals surface area contributed by atoms with E-state index in [-0.39, 0.29) is 5.56 Å². The lowest BCUT2D eigenvalue weighted by Crippen LogP contribution is -2.10. The fourth-order valence-electron chi connectivity index (χ4n) is 2.72. The fraction of sp³-hybridized carbons (Fsp3) is 0.167. The van der Waals surface area contributed by atoms with Crippen molar-refractivity contribution in [3.05, 3.63) is 51.5 Å². The van der Waals surface area contributed by atoms with E-state index in [0.29, 0.717) is 29.1 Å². The highest BCUT2D eigenvalue weighted by Crippen LogP contribution is 2.31. The highest BCUT2D eigenvalue weighted by molar-refractivity contribution is 9.10. The van der Waals surface area contributed by atoms with Crippen molar-refractivity contribution in [3.63, 3.8) is 0 Å². The van der Waals surface area contributed by atoms with Gasteiger partial charge in [0.2, 0.25) is 0 Å². The molecule has 0 aliphatic rings. The van der Waals surface area contributed by atoms with Crippen LogP contribution >= 0.6 is 15.9 Å². The number of halogens is 1. The average molecular weight is 399 g/mol. The van der Waals surface area contributed by atoms with Crippen LogP contribution in [0.1, 0.15) is 13.3 Å². The van der Waals surface area contributed by atoms with Crippen LogP contribution in [0, 0.1) is 0 Å². The zero-order valence-electron chi connectivity index (χ0n) is 13.5. The standard InChI is InChI=1S/C18H15BrN4O2/c1-2-5-25-16-4-3-10(19)6-12(16)17-22-13-8-15-14(20-9-21-15)7-11(13)18(24)23-17/h3-4,6-9H,2,5H2,1H3,(H,20,21)(H,22,23,24). The van der Waals surface area contributed by atoms with Crippen LogP contribution in [0.25, 0.3) is 33.3 Å². The van der Waals surface area contributed by atoms with Gasteiger partial charge in [0, 0.05) is 4.47 Å². The van der Waals surface area contributed by atoms with Crippen LogP contribution in [0.5, 0.6) is 5.75 Å². The van der Waals surface area contributed by atoms with Gasteiger partial charge in [-0.25, -0.2) is 9.97 Å². The molecule has 126 valence electrons. The zero-order chi connectivity index (χ0) is 17.4. The number of ether oxygens (including phenoxy) is 1. The summed E-state index contributed by atoms with van der Waals surface area (Å²) in [7, 11) is 0. The Bertz CT molecular complexity index is 1130. The Morgan fingerprint density at radius 3 is 2.92 bits per heavy atom. The number of rotatable bonds is 4. The second-order valence-electron chi connectivity index (χ2n) is 5.69. The first-order valence-corrected chi connectivity index (χ1v) is 8.75. The Morgan fingerprint density at radius 2 is 2.08 bits per heavy atom. The molecule has 2 aromatic carbocycles. The van der Waals surface area contributed by atoms with E-state index in [4.69, 9.17) is 4.74 Å². The Labute approximate surface area is 151 Å². The Morgan fingerprint density at radius 1 is 1.20 bits per heavy atom. The van der Waals surface area contributed by atoms with E-state index < -0.39 is 0 Å². The number of nitrogens with one attached hydrogen (secondary N) is 2. The molecule has 4 rings (SSSR count). The summed E-state index contributed by atoms with van der Waals surface area (Å²) in [5.41, 5.74) is 2.72. The second-order valence-corrected chi connectivity index (χ2v) is 6.61. The van der Waals surface area contributed by atoms with Crippen molar-refractivity contribution in [2.24, 2.45) is 0 Å². The van der Waals surface area contributed by atoms with Gasteiger partial charge in [0.25, 0.3) is 5.56 Å². The molecular formula is C18H15BrN4O2. The van der Waals surface area contributed by atoms with Crippen LogP contribution < -0.4 is 10.3 Å². The minimum Gasteiger partial charge on any atom is -0.493 e. The number of benzene rings is 2. The molecule has 0 saturated heterocycles. The molecule has 0 aliphatic heterocycles. The number of nitrogens with zero attached hydrogens (tertiary/aromatic N) is 2. The molecule has 0 aliphatic carbocycles. The number of H-pyrrole nitrogens is 2. The molecule has 0 spiro atoms. The van der Waals surface area contributed by atoms with Crippen molar-refractivity contribution in [1.82, 2.24) is 19.9 Å². The van der Waals surface area contributed by atoms with Crippen molar-refractivity contribution in [3.8, 4) is 17.1 Å². The summed E-state index contributed by atoms with van der Waals surface area (Å²) < 4.78 is 6.69. The van der Waals surface area contributed by atoms with E-state index in [0.717, 1.165) is 27.5 Å². The Hall–Kier alpha value is -2.67. The molecular weight excluding hydrogens is 384 g/mol. The summed E-state index contributed by atoms with van der Waals surface area (Å²) in [6, 6.07) is 9.24. The summed E-state index contributed by atoms with van der Waals surface area (Å²) in [4.78, 5) is 27.3. The van der Waals surface area contributed by atoms with Crippen LogP contribution in [-0.4, -0.2) is 26.5 Å². The van der Waals surface area contributed by atoms with Gasteiger partial charge in [-0.15, -0.1) is 0 Å². The van der Waals surface area contributed by atoms with Crippen LogP contribution in [0.4, 0.5) is 0 Å². The quantitative estimate of drug-likeness (QED) is 0.543. The van der Waals surface area contributed by atoms with Gasteiger partial charge in [-0.2, -0.15) is 0 Å². The van der Waals surface area contributed by atoms with Crippen molar-refractivity contribution in [2.45, 2.75) is 13.3 Å². The lowest BCUT2D eigenvalue weighted by atomic mass is 10.1. The molecule has 0 saturated carbocycles. The minimum absolute atomic E-state index is 0.196. The Kier molecular flexibility index (Phi) is 4.01. The molecule has 4 aromatic rings. The molecule has 2 heterocycles.